The maximum atomic E-state index is 5.79. The van der Waals surface area contributed by atoms with E-state index in [0.29, 0.717) is 6.61 Å². The van der Waals surface area contributed by atoms with Crippen LogP contribution in [0, 0.1) is 3.57 Å². The zero-order chi connectivity index (χ0) is 14.5. The molecule has 3 aromatic rings. The Bertz CT molecular complexity index is 714. The topological polar surface area (TPSA) is 35.0 Å². The second-order valence-electron chi connectivity index (χ2n) is 4.51. The summed E-state index contributed by atoms with van der Waals surface area (Å²) in [5.74, 6) is 0.867. The smallest absolute Gasteiger partial charge is 0.119 e. The van der Waals surface area contributed by atoms with Crippen molar-refractivity contribution in [3.05, 3.63) is 76.1 Å². The van der Waals surface area contributed by atoms with Crippen LogP contribution in [-0.4, -0.2) is 9.97 Å². The Kier molecular flexibility index (Phi) is 4.45. The highest BCUT2D eigenvalue weighted by atomic mass is 127. The van der Waals surface area contributed by atoms with Crippen LogP contribution in [0.4, 0.5) is 0 Å². The van der Waals surface area contributed by atoms with Gasteiger partial charge in [0, 0.05) is 16.0 Å². The first-order valence-electron chi connectivity index (χ1n) is 6.56. The average Bonchev–Trinajstić information content (AvgIpc) is 2.55. The number of nitrogens with zero attached hydrogens (tertiary/aromatic N) is 2. The van der Waals surface area contributed by atoms with Gasteiger partial charge in [-0.15, -0.1) is 0 Å². The lowest BCUT2D eigenvalue weighted by molar-refractivity contribution is 0.306. The molecule has 0 aliphatic rings. The standard InChI is InChI=1S/C17H13IN2O/c18-14-4-6-15(7-5-14)21-12-13-8-10-20-17(11-13)16-3-1-2-9-19-16/h1-11H,12H2. The van der Waals surface area contributed by atoms with Gasteiger partial charge < -0.3 is 4.74 Å². The minimum atomic E-state index is 0.517. The fourth-order valence-electron chi connectivity index (χ4n) is 1.92. The van der Waals surface area contributed by atoms with Gasteiger partial charge in [0.25, 0.3) is 0 Å². The first-order valence-corrected chi connectivity index (χ1v) is 7.64. The van der Waals surface area contributed by atoms with Gasteiger partial charge in [0.1, 0.15) is 12.4 Å². The third-order valence-corrected chi connectivity index (χ3v) is 3.69. The summed E-state index contributed by atoms with van der Waals surface area (Å²) in [7, 11) is 0. The summed E-state index contributed by atoms with van der Waals surface area (Å²) in [6.07, 6.45) is 3.56. The fourth-order valence-corrected chi connectivity index (χ4v) is 2.28. The van der Waals surface area contributed by atoms with Gasteiger partial charge in [-0.1, -0.05) is 6.07 Å². The average molecular weight is 388 g/mol. The maximum Gasteiger partial charge on any atom is 0.119 e. The summed E-state index contributed by atoms with van der Waals surface area (Å²) >= 11 is 2.28. The van der Waals surface area contributed by atoms with Crippen molar-refractivity contribution in [3.8, 4) is 17.1 Å². The molecule has 0 aliphatic carbocycles. The van der Waals surface area contributed by atoms with E-state index in [1.807, 2.05) is 54.6 Å². The predicted octanol–water partition coefficient (Wildman–Crippen LogP) is 4.33. The second kappa shape index (κ2) is 6.67. The van der Waals surface area contributed by atoms with Gasteiger partial charge in [0.05, 0.1) is 11.4 Å². The van der Waals surface area contributed by atoms with E-state index in [2.05, 4.69) is 32.6 Å². The minimum absolute atomic E-state index is 0.517. The molecule has 3 rings (SSSR count). The van der Waals surface area contributed by atoms with Crippen molar-refractivity contribution in [2.45, 2.75) is 6.61 Å². The van der Waals surface area contributed by atoms with Gasteiger partial charge in [-0.25, -0.2) is 0 Å². The summed E-state index contributed by atoms with van der Waals surface area (Å²) in [6.45, 7) is 0.517. The predicted molar refractivity (Wildman–Crippen MR) is 91.0 cm³/mol. The van der Waals surface area contributed by atoms with E-state index in [0.717, 1.165) is 22.7 Å². The molecular weight excluding hydrogens is 375 g/mol. The van der Waals surface area contributed by atoms with E-state index in [9.17, 15) is 0 Å². The Morgan fingerprint density at radius 2 is 1.67 bits per heavy atom. The van der Waals surface area contributed by atoms with Gasteiger partial charge in [0.2, 0.25) is 0 Å². The molecule has 0 bridgehead atoms. The molecular formula is C17H13IN2O. The number of aromatic nitrogens is 2. The van der Waals surface area contributed by atoms with Crippen molar-refractivity contribution >= 4 is 22.6 Å². The van der Waals surface area contributed by atoms with E-state index in [1.54, 1.807) is 12.4 Å². The van der Waals surface area contributed by atoms with Crippen molar-refractivity contribution in [2.75, 3.05) is 0 Å². The molecule has 0 spiro atoms. The van der Waals surface area contributed by atoms with Crippen LogP contribution in [0.1, 0.15) is 5.56 Å². The van der Waals surface area contributed by atoms with Gasteiger partial charge in [-0.05, 0) is 76.7 Å². The molecule has 4 heteroatoms. The molecule has 0 aliphatic heterocycles. The lowest BCUT2D eigenvalue weighted by Crippen LogP contribution is -1.97. The molecule has 104 valence electrons. The third kappa shape index (κ3) is 3.78. The van der Waals surface area contributed by atoms with Gasteiger partial charge in [0.15, 0.2) is 0 Å². The molecule has 0 unspecified atom stereocenters. The molecule has 1 aromatic carbocycles. The van der Waals surface area contributed by atoms with Crippen molar-refractivity contribution in [1.29, 1.82) is 0 Å². The highest BCUT2D eigenvalue weighted by molar-refractivity contribution is 14.1. The number of pyridine rings is 2. The summed E-state index contributed by atoms with van der Waals surface area (Å²) < 4.78 is 6.98. The molecule has 0 N–H and O–H groups in total. The summed E-state index contributed by atoms with van der Waals surface area (Å²) in [4.78, 5) is 8.67. The number of hydrogen-bond acceptors (Lipinski definition) is 3. The van der Waals surface area contributed by atoms with Crippen molar-refractivity contribution in [3.63, 3.8) is 0 Å². The van der Waals surface area contributed by atoms with Crippen LogP contribution in [0.15, 0.2) is 67.0 Å². The molecule has 2 aromatic heterocycles. The molecule has 0 amide bonds. The maximum absolute atomic E-state index is 5.79. The van der Waals surface area contributed by atoms with Crippen molar-refractivity contribution in [2.24, 2.45) is 0 Å². The Balaban J connectivity index is 1.73. The normalized spacial score (nSPS) is 10.3. The Labute approximate surface area is 137 Å². The lowest BCUT2D eigenvalue weighted by Gasteiger charge is -2.07. The van der Waals surface area contributed by atoms with E-state index in [1.165, 1.54) is 3.57 Å². The third-order valence-electron chi connectivity index (χ3n) is 2.97. The van der Waals surface area contributed by atoms with Gasteiger partial charge >= 0.3 is 0 Å². The monoisotopic (exact) mass is 388 g/mol. The van der Waals surface area contributed by atoms with Gasteiger partial charge in [-0.2, -0.15) is 0 Å². The van der Waals surface area contributed by atoms with E-state index < -0.39 is 0 Å². The Morgan fingerprint density at radius 3 is 2.43 bits per heavy atom. The second-order valence-corrected chi connectivity index (χ2v) is 5.75. The first-order chi connectivity index (χ1) is 10.3. The fraction of sp³-hybridized carbons (Fsp3) is 0.0588. The molecule has 0 atom stereocenters. The van der Waals surface area contributed by atoms with Crippen LogP contribution in [0.5, 0.6) is 5.75 Å². The summed E-state index contributed by atoms with van der Waals surface area (Å²) in [5.41, 5.74) is 2.80. The quantitative estimate of drug-likeness (QED) is 0.625. The number of halogens is 1. The van der Waals surface area contributed by atoms with Crippen molar-refractivity contribution < 1.29 is 4.74 Å². The van der Waals surface area contributed by atoms with Gasteiger partial charge in [-0.3, -0.25) is 9.97 Å². The molecule has 0 radical (unpaired) electrons. The lowest BCUT2D eigenvalue weighted by atomic mass is 10.2. The number of ether oxygens (including phenoxy) is 1. The van der Waals surface area contributed by atoms with Crippen LogP contribution in [0.25, 0.3) is 11.4 Å². The number of benzene rings is 1. The van der Waals surface area contributed by atoms with E-state index >= 15 is 0 Å². The van der Waals surface area contributed by atoms with Crippen LogP contribution >= 0.6 is 22.6 Å². The van der Waals surface area contributed by atoms with Crippen molar-refractivity contribution in [1.82, 2.24) is 9.97 Å². The largest absolute Gasteiger partial charge is 0.489 e. The number of rotatable bonds is 4. The van der Waals surface area contributed by atoms with Crippen LogP contribution < -0.4 is 4.74 Å². The molecule has 3 nitrogen and oxygen atoms in total. The first kappa shape index (κ1) is 14.0. The van der Waals surface area contributed by atoms with E-state index in [-0.39, 0.29) is 0 Å². The van der Waals surface area contributed by atoms with Crippen LogP contribution in [-0.2, 0) is 6.61 Å². The Hall–Kier alpha value is -1.95. The number of hydrogen-bond donors (Lipinski definition) is 0. The van der Waals surface area contributed by atoms with Crippen LogP contribution in [0.3, 0.4) is 0 Å². The highest BCUT2D eigenvalue weighted by Gasteiger charge is 2.02. The highest BCUT2D eigenvalue weighted by Crippen LogP contribution is 2.18. The molecule has 0 fully saturated rings. The summed E-state index contributed by atoms with van der Waals surface area (Å²) in [6, 6.07) is 17.8. The molecule has 21 heavy (non-hydrogen) atoms. The van der Waals surface area contributed by atoms with E-state index in [4.69, 9.17) is 4.74 Å². The molecule has 0 saturated carbocycles. The van der Waals surface area contributed by atoms with Crippen LogP contribution in [0.2, 0.25) is 0 Å². The zero-order valence-electron chi connectivity index (χ0n) is 11.2. The zero-order valence-corrected chi connectivity index (χ0v) is 13.4. The summed E-state index contributed by atoms with van der Waals surface area (Å²) in [5, 5.41) is 0. The Morgan fingerprint density at radius 1 is 0.857 bits per heavy atom. The SMILES string of the molecule is Ic1ccc(OCc2ccnc(-c3ccccn3)c2)cc1. The minimum Gasteiger partial charge on any atom is -0.489 e. The molecule has 2 heterocycles. The molecule has 0 saturated heterocycles.